The van der Waals surface area contributed by atoms with Crippen LogP contribution in [0.5, 0.6) is 11.6 Å². The van der Waals surface area contributed by atoms with Crippen LogP contribution in [0.2, 0.25) is 0 Å². The van der Waals surface area contributed by atoms with Crippen molar-refractivity contribution in [1.82, 2.24) is 19.8 Å². The first-order chi connectivity index (χ1) is 14.0. The molecule has 0 N–H and O–H groups in total. The zero-order chi connectivity index (χ0) is 20.4. The second-order valence-corrected chi connectivity index (χ2v) is 7.98. The summed E-state index contributed by atoms with van der Waals surface area (Å²) >= 11 is 0. The third kappa shape index (κ3) is 4.72. The average Bonchev–Trinajstić information content (AvgIpc) is 3.20. The minimum absolute atomic E-state index is 0.171. The molecule has 1 aromatic heterocycles. The van der Waals surface area contributed by atoms with Crippen LogP contribution >= 0.6 is 0 Å². The van der Waals surface area contributed by atoms with Crippen molar-refractivity contribution in [1.29, 1.82) is 0 Å². The van der Waals surface area contributed by atoms with E-state index in [4.69, 9.17) is 4.74 Å². The second kappa shape index (κ2) is 8.45. The van der Waals surface area contributed by atoms with Crippen molar-refractivity contribution in [3.05, 3.63) is 47.7 Å². The van der Waals surface area contributed by atoms with E-state index in [0.29, 0.717) is 17.7 Å². The summed E-state index contributed by atoms with van der Waals surface area (Å²) in [6, 6.07) is 8.26. The van der Waals surface area contributed by atoms with Crippen molar-refractivity contribution in [3.63, 3.8) is 0 Å². The van der Waals surface area contributed by atoms with Gasteiger partial charge in [0, 0.05) is 50.3 Å². The molecule has 7 heteroatoms. The maximum absolute atomic E-state index is 13.1. The van der Waals surface area contributed by atoms with Crippen molar-refractivity contribution in [2.45, 2.75) is 45.1 Å². The van der Waals surface area contributed by atoms with Gasteiger partial charge in [-0.25, -0.2) is 9.37 Å². The molecule has 3 heterocycles. The summed E-state index contributed by atoms with van der Waals surface area (Å²) in [4.78, 5) is 25.3. The highest BCUT2D eigenvalue weighted by atomic mass is 19.1. The molecule has 6 nitrogen and oxygen atoms in total. The summed E-state index contributed by atoms with van der Waals surface area (Å²) in [5.41, 5.74) is 0.861. The van der Waals surface area contributed by atoms with Crippen LogP contribution in [0.15, 0.2) is 30.3 Å². The number of hydrogen-bond acceptors (Lipinski definition) is 5. The van der Waals surface area contributed by atoms with Gasteiger partial charge in [-0.2, -0.15) is 4.98 Å². The number of carbonyl (C=O) groups is 1. The van der Waals surface area contributed by atoms with E-state index in [1.54, 1.807) is 25.1 Å². The second-order valence-electron chi connectivity index (χ2n) is 7.98. The first-order valence-corrected chi connectivity index (χ1v) is 10.3. The van der Waals surface area contributed by atoms with Gasteiger partial charge in [-0.15, -0.1) is 0 Å². The van der Waals surface area contributed by atoms with Crippen molar-refractivity contribution in [2.24, 2.45) is 0 Å². The van der Waals surface area contributed by atoms with Crippen molar-refractivity contribution in [2.75, 3.05) is 26.2 Å². The van der Waals surface area contributed by atoms with Gasteiger partial charge in [0.2, 0.25) is 11.8 Å². The molecule has 2 aliphatic rings. The van der Waals surface area contributed by atoms with E-state index < -0.39 is 0 Å². The van der Waals surface area contributed by atoms with E-state index in [9.17, 15) is 9.18 Å². The number of likely N-dealkylation sites (tertiary alicyclic amines) is 2. The molecule has 2 saturated heterocycles. The minimum Gasteiger partial charge on any atom is -0.439 e. The maximum Gasteiger partial charge on any atom is 0.222 e. The fourth-order valence-corrected chi connectivity index (χ4v) is 4.30. The monoisotopic (exact) mass is 398 g/mol. The number of nitrogens with zero attached hydrogens (tertiary/aromatic N) is 4. The number of piperidine rings is 1. The quantitative estimate of drug-likeness (QED) is 0.789. The number of halogens is 1. The first-order valence-electron chi connectivity index (χ1n) is 10.3. The molecule has 154 valence electrons. The van der Waals surface area contributed by atoms with Gasteiger partial charge >= 0.3 is 0 Å². The molecule has 0 bridgehead atoms. The van der Waals surface area contributed by atoms with Gasteiger partial charge in [0.25, 0.3) is 0 Å². The summed E-state index contributed by atoms with van der Waals surface area (Å²) in [6.07, 6.45) is 3.08. The van der Waals surface area contributed by atoms with Gasteiger partial charge in [0.1, 0.15) is 17.4 Å². The number of rotatable bonds is 4. The summed E-state index contributed by atoms with van der Waals surface area (Å²) in [7, 11) is 0. The van der Waals surface area contributed by atoms with E-state index >= 15 is 0 Å². The largest absolute Gasteiger partial charge is 0.439 e. The maximum atomic E-state index is 13.1. The van der Waals surface area contributed by atoms with Crippen LogP contribution in [0.4, 0.5) is 4.39 Å². The molecule has 4 rings (SSSR count). The highest BCUT2D eigenvalue weighted by Gasteiger charge is 2.33. The number of ether oxygens (including phenoxy) is 1. The number of hydrogen-bond donors (Lipinski definition) is 0. The van der Waals surface area contributed by atoms with E-state index in [1.807, 2.05) is 11.8 Å². The molecule has 29 heavy (non-hydrogen) atoms. The van der Waals surface area contributed by atoms with Crippen molar-refractivity contribution in [3.8, 4) is 11.6 Å². The molecule has 1 atom stereocenters. The Labute approximate surface area is 170 Å². The molecular weight excluding hydrogens is 371 g/mol. The van der Waals surface area contributed by atoms with E-state index in [0.717, 1.165) is 57.0 Å². The Morgan fingerprint density at radius 2 is 1.83 bits per heavy atom. The van der Waals surface area contributed by atoms with E-state index in [1.165, 1.54) is 12.1 Å². The smallest absolute Gasteiger partial charge is 0.222 e. The van der Waals surface area contributed by atoms with Crippen molar-refractivity contribution < 1.29 is 13.9 Å². The fraction of sp³-hybridized carbons (Fsp3) is 0.500. The predicted octanol–water partition coefficient (Wildman–Crippen LogP) is 3.52. The fourth-order valence-electron chi connectivity index (χ4n) is 4.30. The van der Waals surface area contributed by atoms with Crippen LogP contribution < -0.4 is 4.74 Å². The highest BCUT2D eigenvalue weighted by Crippen LogP contribution is 2.31. The van der Waals surface area contributed by atoms with E-state index in [2.05, 4.69) is 14.9 Å². The molecule has 0 spiro atoms. The Morgan fingerprint density at radius 1 is 1.10 bits per heavy atom. The lowest BCUT2D eigenvalue weighted by molar-refractivity contribution is -0.130. The van der Waals surface area contributed by atoms with Crippen LogP contribution in [0.3, 0.4) is 0 Å². The third-order valence-corrected chi connectivity index (χ3v) is 5.90. The zero-order valence-corrected chi connectivity index (χ0v) is 17.0. The molecule has 1 unspecified atom stereocenters. The lowest BCUT2D eigenvalue weighted by Crippen LogP contribution is -2.45. The zero-order valence-electron chi connectivity index (χ0n) is 17.0. The van der Waals surface area contributed by atoms with Gasteiger partial charge in [-0.05, 0) is 57.0 Å². The third-order valence-electron chi connectivity index (χ3n) is 5.90. The summed E-state index contributed by atoms with van der Waals surface area (Å²) in [5.74, 6) is 2.01. The van der Waals surface area contributed by atoms with Gasteiger partial charge in [0.05, 0.1) is 0 Å². The molecular formula is C22H27FN4O2. The number of aryl methyl sites for hydroxylation is 1. The lowest BCUT2D eigenvalue weighted by atomic mass is 10.0. The normalized spacial score (nSPS) is 20.8. The Kier molecular flexibility index (Phi) is 5.76. The molecule has 2 aromatic rings. The topological polar surface area (TPSA) is 58.6 Å². The SMILES string of the molecule is CC(=O)N1CCC(N2CCC(c3nc(C)cc(Oc4ccc(F)cc4)n3)C2)CC1. The van der Waals surface area contributed by atoms with Gasteiger partial charge in [-0.1, -0.05) is 0 Å². The Bertz CT molecular complexity index is 866. The summed E-state index contributed by atoms with van der Waals surface area (Å²) in [6.45, 7) is 7.24. The first kappa shape index (κ1) is 19.8. The summed E-state index contributed by atoms with van der Waals surface area (Å²) < 4.78 is 18.9. The van der Waals surface area contributed by atoms with Crippen molar-refractivity contribution >= 4 is 5.91 Å². The molecule has 0 saturated carbocycles. The van der Waals surface area contributed by atoms with E-state index in [-0.39, 0.29) is 17.6 Å². The van der Waals surface area contributed by atoms with Crippen LogP contribution in [-0.4, -0.2) is 57.9 Å². The molecule has 2 aliphatic heterocycles. The molecule has 0 radical (unpaired) electrons. The highest BCUT2D eigenvalue weighted by molar-refractivity contribution is 5.73. The average molecular weight is 398 g/mol. The Balaban J connectivity index is 1.41. The Hall–Kier alpha value is -2.54. The Morgan fingerprint density at radius 3 is 2.52 bits per heavy atom. The van der Waals surface area contributed by atoms with Crippen LogP contribution in [0.25, 0.3) is 0 Å². The molecule has 2 fully saturated rings. The lowest BCUT2D eigenvalue weighted by Gasteiger charge is -2.36. The van der Waals surface area contributed by atoms with Crippen LogP contribution in [-0.2, 0) is 4.79 Å². The van der Waals surface area contributed by atoms with Gasteiger partial charge in [-0.3, -0.25) is 9.69 Å². The van der Waals surface area contributed by atoms with Gasteiger partial charge in [0.15, 0.2) is 0 Å². The van der Waals surface area contributed by atoms with Crippen LogP contribution in [0, 0.1) is 12.7 Å². The molecule has 0 aliphatic carbocycles. The molecule has 1 amide bonds. The number of amides is 1. The van der Waals surface area contributed by atoms with Crippen LogP contribution in [0.1, 0.15) is 43.6 Å². The molecule has 1 aromatic carbocycles. The summed E-state index contributed by atoms with van der Waals surface area (Å²) in [5, 5.41) is 0. The number of aromatic nitrogens is 2. The number of benzene rings is 1. The van der Waals surface area contributed by atoms with Gasteiger partial charge < -0.3 is 9.64 Å². The minimum atomic E-state index is -0.294. The number of carbonyl (C=O) groups excluding carboxylic acids is 1. The standard InChI is InChI=1S/C22H27FN4O2/c1-15-13-21(29-20-5-3-18(23)4-6-20)25-22(24-15)17-7-10-27(14-17)19-8-11-26(12-9-19)16(2)28/h3-6,13,17,19H,7-12,14H2,1-2H3. The predicted molar refractivity (Wildman–Crippen MR) is 107 cm³/mol.